The van der Waals surface area contributed by atoms with Gasteiger partial charge in [0, 0.05) is 13.2 Å². The van der Waals surface area contributed by atoms with Crippen molar-refractivity contribution in [1.82, 2.24) is 5.32 Å². The molecule has 1 atom stereocenters. The van der Waals surface area contributed by atoms with Crippen LogP contribution in [0.2, 0.25) is 0 Å². The van der Waals surface area contributed by atoms with Gasteiger partial charge in [0.05, 0.1) is 17.9 Å². The van der Waals surface area contributed by atoms with Crippen LogP contribution in [-0.2, 0) is 20.7 Å². The summed E-state index contributed by atoms with van der Waals surface area (Å²) in [6, 6.07) is 7.80. The zero-order chi connectivity index (χ0) is 16.9. The van der Waals surface area contributed by atoms with Gasteiger partial charge < -0.3 is 15.2 Å². The fraction of sp³-hybridized carbons (Fsp3) is 0.556. The fourth-order valence-electron chi connectivity index (χ4n) is 2.66. The van der Waals surface area contributed by atoms with Gasteiger partial charge >= 0.3 is 5.97 Å². The molecular weight excluding hydrogens is 294 g/mol. The topological polar surface area (TPSA) is 75.6 Å². The number of carbonyl (C=O) groups is 2. The van der Waals surface area contributed by atoms with E-state index in [9.17, 15) is 14.7 Å². The highest BCUT2D eigenvalue weighted by Crippen LogP contribution is 2.46. The molecule has 1 fully saturated rings. The Kier molecular flexibility index (Phi) is 5.77. The van der Waals surface area contributed by atoms with Crippen molar-refractivity contribution in [3.05, 3.63) is 35.4 Å². The Balaban J connectivity index is 1.90. The second-order valence-electron chi connectivity index (χ2n) is 6.36. The molecule has 1 aromatic carbocycles. The van der Waals surface area contributed by atoms with Gasteiger partial charge in [-0.25, -0.2) is 0 Å². The van der Waals surface area contributed by atoms with Crippen molar-refractivity contribution in [1.29, 1.82) is 0 Å². The standard InChI is InChI=1S/C18H25NO4/c1-3-23-12-18(7-8-18)17(22)19-11-15(16(20)21)10-14-6-4-5-13(2)9-14/h4-6,9,15H,3,7-8,10-12H2,1-2H3,(H,19,22)(H,20,21). The van der Waals surface area contributed by atoms with Crippen LogP contribution in [0.4, 0.5) is 0 Å². The lowest BCUT2D eigenvalue weighted by Gasteiger charge is -2.18. The highest BCUT2D eigenvalue weighted by Gasteiger charge is 2.50. The van der Waals surface area contributed by atoms with Crippen molar-refractivity contribution in [2.75, 3.05) is 19.8 Å². The zero-order valence-electron chi connectivity index (χ0n) is 13.8. The van der Waals surface area contributed by atoms with Gasteiger partial charge in [0.15, 0.2) is 0 Å². The number of ether oxygens (including phenoxy) is 1. The van der Waals surface area contributed by atoms with E-state index in [4.69, 9.17) is 4.74 Å². The fourth-order valence-corrected chi connectivity index (χ4v) is 2.66. The summed E-state index contributed by atoms with van der Waals surface area (Å²) >= 11 is 0. The van der Waals surface area contributed by atoms with Gasteiger partial charge in [-0.15, -0.1) is 0 Å². The van der Waals surface area contributed by atoms with E-state index in [2.05, 4.69) is 5.32 Å². The lowest BCUT2D eigenvalue weighted by atomic mass is 9.97. The third kappa shape index (κ3) is 4.79. The Morgan fingerprint density at radius 1 is 1.39 bits per heavy atom. The van der Waals surface area contributed by atoms with Crippen LogP contribution in [0.15, 0.2) is 24.3 Å². The van der Waals surface area contributed by atoms with Gasteiger partial charge in [-0.2, -0.15) is 0 Å². The molecule has 0 spiro atoms. The van der Waals surface area contributed by atoms with Crippen molar-refractivity contribution < 1.29 is 19.4 Å². The molecule has 0 heterocycles. The van der Waals surface area contributed by atoms with Gasteiger partial charge in [-0.1, -0.05) is 29.8 Å². The number of carboxylic acids is 1. The molecule has 0 bridgehead atoms. The van der Waals surface area contributed by atoms with Crippen molar-refractivity contribution in [2.24, 2.45) is 11.3 Å². The number of aryl methyl sites for hydroxylation is 1. The normalized spacial score (nSPS) is 16.6. The Labute approximate surface area is 137 Å². The molecule has 5 heteroatoms. The van der Waals surface area contributed by atoms with Gasteiger partial charge in [-0.05, 0) is 38.7 Å². The Hall–Kier alpha value is -1.88. The molecule has 126 valence electrons. The van der Waals surface area contributed by atoms with Crippen LogP contribution in [0.5, 0.6) is 0 Å². The summed E-state index contributed by atoms with van der Waals surface area (Å²) in [6.07, 6.45) is 2.04. The molecule has 1 amide bonds. The third-order valence-corrected chi connectivity index (χ3v) is 4.34. The van der Waals surface area contributed by atoms with Crippen molar-refractivity contribution in [3.63, 3.8) is 0 Å². The molecule has 2 rings (SSSR count). The highest BCUT2D eigenvalue weighted by atomic mass is 16.5. The first-order valence-corrected chi connectivity index (χ1v) is 8.11. The number of aliphatic carboxylic acids is 1. The van der Waals surface area contributed by atoms with Crippen molar-refractivity contribution in [2.45, 2.75) is 33.1 Å². The average Bonchev–Trinajstić information content (AvgIpc) is 3.30. The van der Waals surface area contributed by atoms with E-state index in [0.29, 0.717) is 19.6 Å². The number of nitrogens with one attached hydrogen (secondary N) is 1. The molecule has 1 aliphatic rings. The minimum Gasteiger partial charge on any atom is -0.481 e. The molecule has 2 N–H and O–H groups in total. The molecule has 23 heavy (non-hydrogen) atoms. The van der Waals surface area contributed by atoms with Crippen LogP contribution in [0.3, 0.4) is 0 Å². The number of benzene rings is 1. The Morgan fingerprint density at radius 2 is 2.13 bits per heavy atom. The molecule has 5 nitrogen and oxygen atoms in total. The van der Waals surface area contributed by atoms with E-state index in [-0.39, 0.29) is 12.5 Å². The predicted octanol–water partition coefficient (Wildman–Crippen LogP) is 2.17. The molecule has 0 radical (unpaired) electrons. The van der Waals surface area contributed by atoms with Gasteiger partial charge in [0.1, 0.15) is 0 Å². The van der Waals surface area contributed by atoms with Crippen LogP contribution in [-0.4, -0.2) is 36.7 Å². The number of rotatable bonds is 9. The van der Waals surface area contributed by atoms with E-state index in [1.807, 2.05) is 38.1 Å². The first-order chi connectivity index (χ1) is 11.0. The maximum atomic E-state index is 12.3. The molecule has 0 saturated heterocycles. The largest absolute Gasteiger partial charge is 0.481 e. The average molecular weight is 319 g/mol. The van der Waals surface area contributed by atoms with Crippen molar-refractivity contribution >= 4 is 11.9 Å². The first-order valence-electron chi connectivity index (χ1n) is 8.11. The third-order valence-electron chi connectivity index (χ3n) is 4.34. The summed E-state index contributed by atoms with van der Waals surface area (Å²) in [5.74, 6) is -1.59. The highest BCUT2D eigenvalue weighted by molar-refractivity contribution is 5.86. The van der Waals surface area contributed by atoms with E-state index < -0.39 is 17.3 Å². The van der Waals surface area contributed by atoms with Crippen LogP contribution in [0.25, 0.3) is 0 Å². The quantitative estimate of drug-likeness (QED) is 0.731. The molecule has 1 aromatic rings. The maximum Gasteiger partial charge on any atom is 0.308 e. The minimum atomic E-state index is -0.888. The molecule has 0 aliphatic heterocycles. The molecule has 1 unspecified atom stereocenters. The van der Waals surface area contributed by atoms with Crippen LogP contribution in [0.1, 0.15) is 30.9 Å². The van der Waals surface area contributed by atoms with E-state index in [0.717, 1.165) is 24.0 Å². The summed E-state index contributed by atoms with van der Waals surface area (Å²) in [5.41, 5.74) is 1.65. The monoisotopic (exact) mass is 319 g/mol. The summed E-state index contributed by atoms with van der Waals surface area (Å²) in [4.78, 5) is 23.7. The summed E-state index contributed by atoms with van der Waals surface area (Å²) in [6.45, 7) is 5.03. The minimum absolute atomic E-state index is 0.0820. The predicted molar refractivity (Wildman–Crippen MR) is 87.2 cm³/mol. The summed E-state index contributed by atoms with van der Waals surface area (Å²) in [7, 11) is 0. The molecule has 0 aromatic heterocycles. The zero-order valence-corrected chi connectivity index (χ0v) is 13.8. The van der Waals surface area contributed by atoms with Gasteiger partial charge in [0.25, 0.3) is 0 Å². The smallest absolute Gasteiger partial charge is 0.308 e. The molecule has 1 saturated carbocycles. The van der Waals surface area contributed by atoms with E-state index in [1.165, 1.54) is 0 Å². The first kappa shape index (κ1) is 17.5. The van der Waals surface area contributed by atoms with Gasteiger partial charge in [0.2, 0.25) is 5.91 Å². The van der Waals surface area contributed by atoms with Crippen LogP contribution < -0.4 is 5.32 Å². The second-order valence-corrected chi connectivity index (χ2v) is 6.36. The molecular formula is C18H25NO4. The van der Waals surface area contributed by atoms with Gasteiger partial charge in [-0.3, -0.25) is 9.59 Å². The Bertz CT molecular complexity index is 566. The Morgan fingerprint density at radius 3 is 2.70 bits per heavy atom. The maximum absolute atomic E-state index is 12.3. The lowest BCUT2D eigenvalue weighted by molar-refractivity contribution is -0.141. The van der Waals surface area contributed by atoms with Crippen LogP contribution >= 0.6 is 0 Å². The SMILES string of the molecule is CCOCC1(C(=O)NCC(Cc2cccc(C)c2)C(=O)O)CC1. The summed E-state index contributed by atoms with van der Waals surface area (Å²) in [5, 5.41) is 12.2. The number of carboxylic acid groups (broad SMARTS) is 1. The lowest BCUT2D eigenvalue weighted by Crippen LogP contribution is -2.40. The number of amides is 1. The second kappa shape index (κ2) is 7.59. The van der Waals surface area contributed by atoms with E-state index in [1.54, 1.807) is 0 Å². The number of hydrogen-bond donors (Lipinski definition) is 2. The summed E-state index contributed by atoms with van der Waals surface area (Å²) < 4.78 is 5.37. The van der Waals surface area contributed by atoms with E-state index >= 15 is 0 Å². The van der Waals surface area contributed by atoms with Crippen molar-refractivity contribution in [3.8, 4) is 0 Å². The van der Waals surface area contributed by atoms with Crippen LogP contribution in [0, 0.1) is 18.3 Å². The number of carbonyl (C=O) groups excluding carboxylic acids is 1. The number of hydrogen-bond acceptors (Lipinski definition) is 3. The molecule has 1 aliphatic carbocycles.